The van der Waals surface area contributed by atoms with Crippen LogP contribution in [0.4, 0.5) is 4.79 Å². The Morgan fingerprint density at radius 3 is 2.73 bits per heavy atom. The van der Waals surface area contributed by atoms with Crippen LogP contribution in [0.3, 0.4) is 0 Å². The number of aromatic nitrogens is 1. The van der Waals surface area contributed by atoms with Gasteiger partial charge in [0, 0.05) is 24.2 Å². The average molecular weight is 301 g/mol. The normalized spacial score (nSPS) is 10.9. The summed E-state index contributed by atoms with van der Waals surface area (Å²) in [6.45, 7) is 7.17. The van der Waals surface area contributed by atoms with Crippen molar-refractivity contribution in [3.63, 3.8) is 0 Å². The van der Waals surface area contributed by atoms with E-state index in [-0.39, 0.29) is 11.6 Å². The molecule has 1 heterocycles. The van der Waals surface area contributed by atoms with Crippen molar-refractivity contribution < 1.29 is 4.79 Å². The fourth-order valence-electron chi connectivity index (χ4n) is 2.23. The van der Waals surface area contributed by atoms with Gasteiger partial charge in [-0.05, 0) is 42.8 Å². The van der Waals surface area contributed by atoms with Crippen LogP contribution in [0.15, 0.2) is 29.1 Å². The molecule has 0 spiro atoms. The second kappa shape index (κ2) is 7.11. The summed E-state index contributed by atoms with van der Waals surface area (Å²) in [5.74, 6) is 0.414. The maximum atomic E-state index is 12.0. The highest BCUT2D eigenvalue weighted by Crippen LogP contribution is 2.13. The lowest BCUT2D eigenvalue weighted by Gasteiger charge is -2.09. The van der Waals surface area contributed by atoms with Gasteiger partial charge in [0.05, 0.1) is 0 Å². The number of nitrogens with one attached hydrogen (secondary N) is 3. The smallest absolute Gasteiger partial charge is 0.314 e. The minimum absolute atomic E-state index is 0.0965. The van der Waals surface area contributed by atoms with Crippen LogP contribution in [0.25, 0.3) is 10.9 Å². The predicted octanol–water partition coefficient (Wildman–Crippen LogP) is 2.33. The maximum absolute atomic E-state index is 12.0. The van der Waals surface area contributed by atoms with Gasteiger partial charge >= 0.3 is 6.03 Å². The van der Waals surface area contributed by atoms with E-state index in [0.29, 0.717) is 31.0 Å². The first-order valence-corrected chi connectivity index (χ1v) is 7.60. The van der Waals surface area contributed by atoms with E-state index in [4.69, 9.17) is 0 Å². The highest BCUT2D eigenvalue weighted by atomic mass is 16.2. The van der Waals surface area contributed by atoms with Crippen LogP contribution >= 0.6 is 0 Å². The van der Waals surface area contributed by atoms with Gasteiger partial charge in [-0.3, -0.25) is 4.79 Å². The number of fused-ring (bicyclic) bond motifs is 1. The van der Waals surface area contributed by atoms with E-state index in [1.165, 1.54) is 0 Å². The van der Waals surface area contributed by atoms with Crippen molar-refractivity contribution in [3.05, 3.63) is 45.7 Å². The van der Waals surface area contributed by atoms with Gasteiger partial charge in [-0.2, -0.15) is 0 Å². The van der Waals surface area contributed by atoms with Gasteiger partial charge in [0.15, 0.2) is 0 Å². The van der Waals surface area contributed by atoms with Gasteiger partial charge in [-0.25, -0.2) is 4.79 Å². The summed E-state index contributed by atoms with van der Waals surface area (Å²) in [7, 11) is 0. The maximum Gasteiger partial charge on any atom is 0.314 e. The minimum Gasteiger partial charge on any atom is -0.338 e. The fourth-order valence-corrected chi connectivity index (χ4v) is 2.23. The number of rotatable bonds is 5. The standard InChI is InChI=1S/C17H23N3O2/c1-11(2)10-19-17(22)18-7-6-13-9-14-8-12(3)4-5-15(14)20-16(13)21/h4-5,8-9,11H,6-7,10H2,1-3H3,(H,20,21)(H2,18,19,22). The van der Waals surface area contributed by atoms with E-state index in [1.807, 2.05) is 45.0 Å². The molecule has 2 aromatic rings. The molecule has 118 valence electrons. The Labute approximate surface area is 130 Å². The molecule has 0 aliphatic rings. The van der Waals surface area contributed by atoms with Crippen LogP contribution in [-0.4, -0.2) is 24.1 Å². The Balaban J connectivity index is 1.98. The molecular weight excluding hydrogens is 278 g/mol. The van der Waals surface area contributed by atoms with Crippen molar-refractivity contribution in [1.82, 2.24) is 15.6 Å². The lowest BCUT2D eigenvalue weighted by molar-refractivity contribution is 0.239. The lowest BCUT2D eigenvalue weighted by Crippen LogP contribution is -2.38. The van der Waals surface area contributed by atoms with E-state index in [0.717, 1.165) is 16.5 Å². The van der Waals surface area contributed by atoms with Gasteiger partial charge in [-0.1, -0.05) is 25.5 Å². The van der Waals surface area contributed by atoms with E-state index >= 15 is 0 Å². The number of aryl methyl sites for hydroxylation is 1. The average Bonchev–Trinajstić information content (AvgIpc) is 2.46. The van der Waals surface area contributed by atoms with Gasteiger partial charge in [0.1, 0.15) is 0 Å². The molecule has 2 amide bonds. The molecule has 22 heavy (non-hydrogen) atoms. The van der Waals surface area contributed by atoms with Crippen molar-refractivity contribution in [2.45, 2.75) is 27.2 Å². The molecule has 0 saturated carbocycles. The second-order valence-electron chi connectivity index (χ2n) is 6.00. The Kier molecular flexibility index (Phi) is 5.20. The predicted molar refractivity (Wildman–Crippen MR) is 89.2 cm³/mol. The second-order valence-corrected chi connectivity index (χ2v) is 6.00. The SMILES string of the molecule is Cc1ccc2[nH]c(=O)c(CCNC(=O)NCC(C)C)cc2c1. The minimum atomic E-state index is -0.193. The van der Waals surface area contributed by atoms with Gasteiger partial charge in [-0.15, -0.1) is 0 Å². The Morgan fingerprint density at radius 1 is 1.23 bits per heavy atom. The lowest BCUT2D eigenvalue weighted by atomic mass is 10.1. The molecule has 0 unspecified atom stereocenters. The number of carbonyl (C=O) groups excluding carboxylic acids is 1. The molecular formula is C17H23N3O2. The van der Waals surface area contributed by atoms with Crippen LogP contribution in [0.1, 0.15) is 25.0 Å². The number of carbonyl (C=O) groups is 1. The van der Waals surface area contributed by atoms with E-state index in [9.17, 15) is 9.59 Å². The molecule has 0 aliphatic carbocycles. The number of urea groups is 1. The molecule has 1 aromatic heterocycles. The first-order chi connectivity index (χ1) is 10.5. The highest BCUT2D eigenvalue weighted by molar-refractivity contribution is 5.79. The summed E-state index contributed by atoms with van der Waals surface area (Å²) < 4.78 is 0. The first-order valence-electron chi connectivity index (χ1n) is 7.60. The van der Waals surface area contributed by atoms with E-state index < -0.39 is 0 Å². The number of hydrogen-bond donors (Lipinski definition) is 3. The van der Waals surface area contributed by atoms with Crippen molar-refractivity contribution in [3.8, 4) is 0 Å². The van der Waals surface area contributed by atoms with Crippen molar-refractivity contribution in [1.29, 1.82) is 0 Å². The van der Waals surface area contributed by atoms with Gasteiger partial charge in [0.25, 0.3) is 5.56 Å². The number of H-pyrrole nitrogens is 1. The van der Waals surface area contributed by atoms with Crippen LogP contribution in [-0.2, 0) is 6.42 Å². The zero-order valence-electron chi connectivity index (χ0n) is 13.3. The molecule has 0 saturated heterocycles. The summed E-state index contributed by atoms with van der Waals surface area (Å²) in [6.07, 6.45) is 0.508. The topological polar surface area (TPSA) is 74.0 Å². The molecule has 0 bridgehead atoms. The van der Waals surface area contributed by atoms with Crippen molar-refractivity contribution in [2.24, 2.45) is 5.92 Å². The van der Waals surface area contributed by atoms with Crippen LogP contribution in [0.2, 0.25) is 0 Å². The first kappa shape index (κ1) is 16.1. The molecule has 3 N–H and O–H groups in total. The zero-order chi connectivity index (χ0) is 16.1. The molecule has 5 heteroatoms. The van der Waals surface area contributed by atoms with E-state index in [2.05, 4.69) is 15.6 Å². The summed E-state index contributed by atoms with van der Waals surface area (Å²) in [6, 6.07) is 7.63. The number of aromatic amines is 1. The number of pyridine rings is 1. The zero-order valence-corrected chi connectivity index (χ0v) is 13.3. The van der Waals surface area contributed by atoms with Crippen LogP contribution < -0.4 is 16.2 Å². The molecule has 1 aromatic carbocycles. The fraction of sp³-hybridized carbons (Fsp3) is 0.412. The monoisotopic (exact) mass is 301 g/mol. The quantitative estimate of drug-likeness (QED) is 0.793. The number of hydrogen-bond acceptors (Lipinski definition) is 2. The summed E-state index contributed by atoms with van der Waals surface area (Å²) in [4.78, 5) is 26.5. The molecule has 0 radical (unpaired) electrons. The Hall–Kier alpha value is -2.30. The van der Waals surface area contributed by atoms with Crippen molar-refractivity contribution >= 4 is 16.9 Å². The third-order valence-electron chi connectivity index (χ3n) is 3.43. The molecule has 0 atom stereocenters. The highest BCUT2D eigenvalue weighted by Gasteiger charge is 2.05. The third-order valence-corrected chi connectivity index (χ3v) is 3.43. The molecule has 0 fully saturated rings. The van der Waals surface area contributed by atoms with Crippen molar-refractivity contribution in [2.75, 3.05) is 13.1 Å². The van der Waals surface area contributed by atoms with Gasteiger partial charge in [0.2, 0.25) is 0 Å². The van der Waals surface area contributed by atoms with Crippen LogP contribution in [0.5, 0.6) is 0 Å². The van der Waals surface area contributed by atoms with Gasteiger partial charge < -0.3 is 15.6 Å². The Morgan fingerprint density at radius 2 is 2.00 bits per heavy atom. The number of benzene rings is 1. The summed E-state index contributed by atoms with van der Waals surface area (Å²) >= 11 is 0. The summed E-state index contributed by atoms with van der Waals surface area (Å²) in [5.41, 5.74) is 2.57. The Bertz CT molecular complexity index is 719. The largest absolute Gasteiger partial charge is 0.338 e. The number of amides is 2. The van der Waals surface area contributed by atoms with E-state index in [1.54, 1.807) is 0 Å². The summed E-state index contributed by atoms with van der Waals surface area (Å²) in [5, 5.41) is 6.57. The molecule has 0 aliphatic heterocycles. The van der Waals surface area contributed by atoms with Crippen LogP contribution in [0, 0.1) is 12.8 Å². The third kappa shape index (κ3) is 4.35. The molecule has 2 rings (SSSR count). The molecule has 5 nitrogen and oxygen atoms in total.